The van der Waals surface area contributed by atoms with E-state index in [0.29, 0.717) is 4.77 Å². The van der Waals surface area contributed by atoms with Crippen molar-refractivity contribution in [3.05, 3.63) is 40.5 Å². The highest BCUT2D eigenvalue weighted by atomic mass is 32.1. The smallest absolute Gasteiger partial charge is 0.177 e. The Bertz CT molecular complexity index is 537. The number of hydrogen-bond acceptors (Lipinski definition) is 1. The molecule has 0 saturated carbocycles. The van der Waals surface area contributed by atoms with Crippen molar-refractivity contribution in [1.29, 1.82) is 0 Å². The zero-order valence-corrected chi connectivity index (χ0v) is 9.36. The SMILES string of the molecule is Cc1[nH]c(=S)n(C)c1-c1ccc(F)cc1. The number of benzene rings is 1. The minimum Gasteiger partial charge on any atom is -0.334 e. The standard InChI is InChI=1S/C11H11FN2S/c1-7-10(14(2)11(15)13-7)8-3-5-9(12)6-4-8/h3-6H,1-2H3,(H,13,15). The zero-order chi connectivity index (χ0) is 11.0. The summed E-state index contributed by atoms with van der Waals surface area (Å²) in [4.78, 5) is 3.07. The highest BCUT2D eigenvalue weighted by molar-refractivity contribution is 7.71. The van der Waals surface area contributed by atoms with E-state index in [4.69, 9.17) is 12.2 Å². The fourth-order valence-electron chi connectivity index (χ4n) is 1.67. The van der Waals surface area contributed by atoms with Gasteiger partial charge in [0.05, 0.1) is 5.69 Å². The number of nitrogens with zero attached hydrogens (tertiary/aromatic N) is 1. The molecule has 0 bridgehead atoms. The van der Waals surface area contributed by atoms with Gasteiger partial charge in [0.2, 0.25) is 0 Å². The van der Waals surface area contributed by atoms with Crippen molar-refractivity contribution in [2.75, 3.05) is 0 Å². The van der Waals surface area contributed by atoms with Crippen LogP contribution in [0.25, 0.3) is 11.3 Å². The molecule has 0 fully saturated rings. The molecule has 4 heteroatoms. The fourth-order valence-corrected chi connectivity index (χ4v) is 1.92. The lowest BCUT2D eigenvalue weighted by Gasteiger charge is -2.03. The molecular formula is C11H11FN2S. The predicted octanol–water partition coefficient (Wildman–Crippen LogP) is 3.20. The Kier molecular flexibility index (Phi) is 2.44. The molecule has 1 aromatic carbocycles. The van der Waals surface area contributed by atoms with E-state index in [9.17, 15) is 4.39 Å². The second-order valence-electron chi connectivity index (χ2n) is 3.47. The monoisotopic (exact) mass is 222 g/mol. The number of nitrogens with one attached hydrogen (secondary N) is 1. The van der Waals surface area contributed by atoms with Crippen molar-refractivity contribution in [2.24, 2.45) is 7.05 Å². The van der Waals surface area contributed by atoms with E-state index in [1.54, 1.807) is 12.1 Å². The summed E-state index contributed by atoms with van der Waals surface area (Å²) in [6.45, 7) is 1.95. The lowest BCUT2D eigenvalue weighted by atomic mass is 10.1. The highest BCUT2D eigenvalue weighted by Crippen LogP contribution is 2.22. The average Bonchev–Trinajstić information content (AvgIpc) is 2.44. The van der Waals surface area contributed by atoms with E-state index in [0.717, 1.165) is 17.0 Å². The molecule has 0 aliphatic carbocycles. The number of hydrogen-bond donors (Lipinski definition) is 1. The lowest BCUT2D eigenvalue weighted by Crippen LogP contribution is -1.92. The normalized spacial score (nSPS) is 10.6. The van der Waals surface area contributed by atoms with Gasteiger partial charge in [-0.2, -0.15) is 0 Å². The van der Waals surface area contributed by atoms with Gasteiger partial charge in [0, 0.05) is 18.3 Å². The minimum atomic E-state index is -0.229. The van der Waals surface area contributed by atoms with Crippen molar-refractivity contribution in [2.45, 2.75) is 6.92 Å². The van der Waals surface area contributed by atoms with Gasteiger partial charge < -0.3 is 9.55 Å². The Morgan fingerprint density at radius 3 is 2.33 bits per heavy atom. The summed E-state index contributed by atoms with van der Waals surface area (Å²) in [5, 5.41) is 0. The zero-order valence-electron chi connectivity index (χ0n) is 8.54. The van der Waals surface area contributed by atoms with Crippen LogP contribution in [-0.2, 0) is 7.05 Å². The average molecular weight is 222 g/mol. The van der Waals surface area contributed by atoms with Crippen molar-refractivity contribution in [3.8, 4) is 11.3 Å². The summed E-state index contributed by atoms with van der Waals surface area (Å²) in [5.74, 6) is -0.229. The van der Waals surface area contributed by atoms with Gasteiger partial charge in [0.15, 0.2) is 4.77 Å². The molecule has 2 aromatic rings. The lowest BCUT2D eigenvalue weighted by molar-refractivity contribution is 0.628. The van der Waals surface area contributed by atoms with Crippen molar-refractivity contribution < 1.29 is 4.39 Å². The molecule has 0 aliphatic heterocycles. The molecule has 0 aliphatic rings. The molecule has 1 N–H and O–H groups in total. The molecule has 0 amide bonds. The van der Waals surface area contributed by atoms with Crippen LogP contribution in [0, 0.1) is 17.5 Å². The van der Waals surface area contributed by atoms with Gasteiger partial charge in [-0.1, -0.05) is 0 Å². The van der Waals surface area contributed by atoms with Crippen LogP contribution in [-0.4, -0.2) is 9.55 Å². The Labute approximate surface area is 92.4 Å². The third kappa shape index (κ3) is 1.72. The first-order valence-electron chi connectivity index (χ1n) is 4.61. The van der Waals surface area contributed by atoms with Crippen LogP contribution in [0.3, 0.4) is 0 Å². The molecule has 1 heterocycles. The molecule has 0 atom stereocenters. The molecule has 1 aromatic heterocycles. The quantitative estimate of drug-likeness (QED) is 0.735. The van der Waals surface area contributed by atoms with Crippen LogP contribution in [0.2, 0.25) is 0 Å². The summed E-state index contributed by atoms with van der Waals surface area (Å²) in [6.07, 6.45) is 0. The molecule has 0 unspecified atom stereocenters. The number of rotatable bonds is 1. The van der Waals surface area contributed by atoms with Gasteiger partial charge >= 0.3 is 0 Å². The second-order valence-corrected chi connectivity index (χ2v) is 3.86. The first-order chi connectivity index (χ1) is 7.09. The van der Waals surface area contributed by atoms with Crippen molar-refractivity contribution in [1.82, 2.24) is 9.55 Å². The van der Waals surface area contributed by atoms with E-state index in [1.165, 1.54) is 12.1 Å². The second kappa shape index (κ2) is 3.62. The first kappa shape index (κ1) is 10.1. The Morgan fingerprint density at radius 2 is 1.87 bits per heavy atom. The Hall–Kier alpha value is -1.42. The number of halogens is 1. The van der Waals surface area contributed by atoms with E-state index in [1.807, 2.05) is 18.5 Å². The van der Waals surface area contributed by atoms with Gasteiger partial charge in [-0.3, -0.25) is 0 Å². The largest absolute Gasteiger partial charge is 0.334 e. The van der Waals surface area contributed by atoms with E-state index >= 15 is 0 Å². The van der Waals surface area contributed by atoms with Gasteiger partial charge in [-0.15, -0.1) is 0 Å². The van der Waals surface area contributed by atoms with Crippen LogP contribution < -0.4 is 0 Å². The van der Waals surface area contributed by atoms with Crippen LogP contribution in [0.4, 0.5) is 4.39 Å². The van der Waals surface area contributed by atoms with Gasteiger partial charge in [0.1, 0.15) is 5.82 Å². The van der Waals surface area contributed by atoms with Crippen molar-refractivity contribution in [3.63, 3.8) is 0 Å². The molecule has 78 valence electrons. The van der Waals surface area contributed by atoms with E-state index < -0.39 is 0 Å². The van der Waals surface area contributed by atoms with Gasteiger partial charge in [0.25, 0.3) is 0 Å². The third-order valence-corrected chi connectivity index (χ3v) is 2.78. The molecular weight excluding hydrogens is 211 g/mol. The van der Waals surface area contributed by atoms with Crippen LogP contribution in [0.15, 0.2) is 24.3 Å². The molecule has 0 spiro atoms. The number of imidazole rings is 1. The number of aryl methyl sites for hydroxylation is 1. The molecule has 0 radical (unpaired) electrons. The fraction of sp³-hybridized carbons (Fsp3) is 0.182. The van der Waals surface area contributed by atoms with Crippen LogP contribution in [0.5, 0.6) is 0 Å². The molecule has 2 rings (SSSR count). The molecule has 15 heavy (non-hydrogen) atoms. The summed E-state index contributed by atoms with van der Waals surface area (Å²) >= 11 is 5.12. The Morgan fingerprint density at radius 1 is 1.27 bits per heavy atom. The maximum Gasteiger partial charge on any atom is 0.177 e. The topological polar surface area (TPSA) is 20.7 Å². The molecule has 0 saturated heterocycles. The minimum absolute atomic E-state index is 0.229. The highest BCUT2D eigenvalue weighted by Gasteiger charge is 2.07. The van der Waals surface area contributed by atoms with Gasteiger partial charge in [-0.25, -0.2) is 4.39 Å². The number of H-pyrrole nitrogens is 1. The maximum atomic E-state index is 12.8. The van der Waals surface area contributed by atoms with Crippen molar-refractivity contribution >= 4 is 12.2 Å². The van der Waals surface area contributed by atoms with Crippen LogP contribution >= 0.6 is 12.2 Å². The van der Waals surface area contributed by atoms with E-state index in [-0.39, 0.29) is 5.82 Å². The summed E-state index contributed by atoms with van der Waals surface area (Å²) in [5.41, 5.74) is 2.96. The molecule has 2 nitrogen and oxygen atoms in total. The number of aromatic nitrogens is 2. The maximum absolute atomic E-state index is 12.8. The number of aromatic amines is 1. The summed E-state index contributed by atoms with van der Waals surface area (Å²) in [7, 11) is 1.89. The first-order valence-corrected chi connectivity index (χ1v) is 5.02. The third-order valence-electron chi connectivity index (χ3n) is 2.41. The Balaban J connectivity index is 2.63. The van der Waals surface area contributed by atoms with Gasteiger partial charge in [-0.05, 0) is 43.4 Å². The van der Waals surface area contributed by atoms with E-state index in [2.05, 4.69) is 4.98 Å². The summed E-state index contributed by atoms with van der Waals surface area (Å²) < 4.78 is 15.3. The summed E-state index contributed by atoms with van der Waals surface area (Å²) in [6, 6.07) is 6.40. The van der Waals surface area contributed by atoms with Crippen LogP contribution in [0.1, 0.15) is 5.69 Å². The predicted molar refractivity (Wildman–Crippen MR) is 60.7 cm³/mol.